The van der Waals surface area contributed by atoms with Crippen LogP contribution in [0.4, 0.5) is 0 Å². The second-order valence-electron chi connectivity index (χ2n) is 7.92. The molecule has 29 heavy (non-hydrogen) atoms. The molecule has 0 aliphatic carbocycles. The van der Waals surface area contributed by atoms with Gasteiger partial charge in [0.25, 0.3) is 15.9 Å². The van der Waals surface area contributed by atoms with Gasteiger partial charge in [0.05, 0.1) is 11.6 Å². The Morgan fingerprint density at radius 3 is 2.10 bits per heavy atom. The van der Waals surface area contributed by atoms with Crippen molar-refractivity contribution < 1.29 is 18.0 Å². The summed E-state index contributed by atoms with van der Waals surface area (Å²) in [6.07, 6.45) is 0. The molecule has 2 amide bonds. The second-order valence-corrected chi connectivity index (χ2v) is 9.75. The van der Waals surface area contributed by atoms with Gasteiger partial charge in [-0.2, -0.15) is 0 Å². The van der Waals surface area contributed by atoms with Crippen LogP contribution in [-0.4, -0.2) is 31.1 Å². The zero-order chi connectivity index (χ0) is 21.3. The van der Waals surface area contributed by atoms with Gasteiger partial charge in [-0.05, 0) is 35.1 Å². The van der Waals surface area contributed by atoms with E-state index in [9.17, 15) is 18.0 Å². The highest BCUT2D eigenvalue weighted by molar-refractivity contribution is 7.90. The van der Waals surface area contributed by atoms with Crippen LogP contribution in [0.1, 0.15) is 61.1 Å². The number of benzene rings is 2. The molecule has 2 aromatic carbocycles. The van der Waals surface area contributed by atoms with Crippen molar-refractivity contribution in [1.82, 2.24) is 9.62 Å². The fourth-order valence-electron chi connectivity index (χ4n) is 3.46. The summed E-state index contributed by atoms with van der Waals surface area (Å²) in [5, 5.41) is 2.90. The van der Waals surface area contributed by atoms with Gasteiger partial charge in [0, 0.05) is 0 Å². The Hall–Kier alpha value is -2.67. The maximum Gasteiger partial charge on any atom is 0.269 e. The van der Waals surface area contributed by atoms with Gasteiger partial charge in [0.1, 0.15) is 11.4 Å². The van der Waals surface area contributed by atoms with E-state index in [1.165, 1.54) is 17.7 Å². The Morgan fingerprint density at radius 2 is 1.55 bits per heavy atom. The van der Waals surface area contributed by atoms with E-state index in [4.69, 9.17) is 0 Å². The van der Waals surface area contributed by atoms with Crippen molar-refractivity contribution >= 4 is 21.8 Å². The van der Waals surface area contributed by atoms with Crippen molar-refractivity contribution in [3.05, 3.63) is 65.2 Å². The standard InChI is InChI=1S/C22H26N2O4S/c1-14(2)16-9-11-17(12-10-16)21(15(3)4)23-20(25)13-24-22(26)18-7-5-6-8-19(18)29(24,27)28/h5-12,14-15,21H,13H2,1-4H3,(H,23,25)/t21-/m0/s1. The van der Waals surface area contributed by atoms with Crippen LogP contribution in [0, 0.1) is 5.92 Å². The van der Waals surface area contributed by atoms with Gasteiger partial charge in [-0.3, -0.25) is 9.59 Å². The topological polar surface area (TPSA) is 83.6 Å². The Balaban J connectivity index is 1.77. The molecule has 0 unspecified atom stereocenters. The van der Waals surface area contributed by atoms with E-state index in [1.807, 2.05) is 38.1 Å². The average molecular weight is 415 g/mol. The minimum Gasteiger partial charge on any atom is -0.347 e. The average Bonchev–Trinajstić information content (AvgIpc) is 2.87. The van der Waals surface area contributed by atoms with E-state index in [0.29, 0.717) is 10.2 Å². The van der Waals surface area contributed by atoms with Crippen molar-refractivity contribution in [3.8, 4) is 0 Å². The molecule has 0 fully saturated rings. The summed E-state index contributed by atoms with van der Waals surface area (Å²) in [6, 6.07) is 13.7. The molecular formula is C22H26N2O4S. The lowest BCUT2D eigenvalue weighted by atomic mass is 9.93. The number of nitrogens with zero attached hydrogens (tertiary/aromatic N) is 1. The highest BCUT2D eigenvalue weighted by atomic mass is 32.2. The normalized spacial score (nSPS) is 16.2. The van der Waals surface area contributed by atoms with Gasteiger partial charge in [-0.25, -0.2) is 12.7 Å². The first-order chi connectivity index (χ1) is 13.6. The molecule has 0 radical (unpaired) electrons. The molecular weight excluding hydrogens is 388 g/mol. The number of amides is 2. The minimum atomic E-state index is -4.00. The molecule has 1 heterocycles. The number of carbonyl (C=O) groups excluding carboxylic acids is 2. The maximum absolute atomic E-state index is 12.7. The molecule has 2 aromatic rings. The molecule has 1 aliphatic heterocycles. The quantitative estimate of drug-likeness (QED) is 0.785. The van der Waals surface area contributed by atoms with Gasteiger partial charge in [-0.15, -0.1) is 0 Å². The molecule has 3 rings (SSSR count). The summed E-state index contributed by atoms with van der Waals surface area (Å²) in [7, 11) is -4.00. The number of nitrogens with one attached hydrogen (secondary N) is 1. The first-order valence-corrected chi connectivity index (χ1v) is 11.1. The van der Waals surface area contributed by atoms with Crippen molar-refractivity contribution in [3.63, 3.8) is 0 Å². The predicted octanol–water partition coefficient (Wildman–Crippen LogP) is 3.47. The molecule has 7 heteroatoms. The van der Waals surface area contributed by atoms with Crippen molar-refractivity contribution in [2.24, 2.45) is 5.92 Å². The lowest BCUT2D eigenvalue weighted by Crippen LogP contribution is -2.42. The molecule has 0 aromatic heterocycles. The Bertz CT molecular complexity index is 1030. The Labute approximate surface area is 172 Å². The fraction of sp³-hybridized carbons (Fsp3) is 0.364. The third-order valence-electron chi connectivity index (χ3n) is 5.14. The number of carbonyl (C=O) groups is 2. The number of sulfonamides is 1. The summed E-state index contributed by atoms with van der Waals surface area (Å²) in [5.74, 6) is -0.685. The van der Waals surface area contributed by atoms with Crippen LogP contribution in [0.5, 0.6) is 0 Å². The molecule has 1 N–H and O–H groups in total. The van der Waals surface area contributed by atoms with E-state index < -0.39 is 28.4 Å². The monoisotopic (exact) mass is 414 g/mol. The van der Waals surface area contributed by atoms with Gasteiger partial charge in [0.15, 0.2) is 0 Å². The highest BCUT2D eigenvalue weighted by Crippen LogP contribution is 2.30. The Morgan fingerprint density at radius 1 is 0.966 bits per heavy atom. The number of fused-ring (bicyclic) bond motifs is 1. The zero-order valence-electron chi connectivity index (χ0n) is 17.0. The van der Waals surface area contributed by atoms with Crippen LogP contribution in [-0.2, 0) is 14.8 Å². The molecule has 0 saturated carbocycles. The molecule has 6 nitrogen and oxygen atoms in total. The van der Waals surface area contributed by atoms with E-state index in [0.717, 1.165) is 5.56 Å². The minimum absolute atomic E-state index is 0.0533. The number of hydrogen-bond acceptors (Lipinski definition) is 4. The predicted molar refractivity (Wildman–Crippen MR) is 111 cm³/mol. The van der Waals surface area contributed by atoms with E-state index in [2.05, 4.69) is 19.2 Å². The Kier molecular flexibility index (Phi) is 5.80. The molecule has 1 atom stereocenters. The second kappa shape index (κ2) is 7.99. The largest absolute Gasteiger partial charge is 0.347 e. The van der Waals surface area contributed by atoms with Crippen LogP contribution in [0.25, 0.3) is 0 Å². The summed E-state index contributed by atoms with van der Waals surface area (Å²) >= 11 is 0. The van der Waals surface area contributed by atoms with Gasteiger partial charge < -0.3 is 5.32 Å². The third kappa shape index (κ3) is 4.05. The van der Waals surface area contributed by atoms with Gasteiger partial charge >= 0.3 is 0 Å². The summed E-state index contributed by atoms with van der Waals surface area (Å²) in [5.41, 5.74) is 2.25. The molecule has 154 valence electrons. The highest BCUT2D eigenvalue weighted by Gasteiger charge is 2.42. The maximum atomic E-state index is 12.7. The molecule has 0 spiro atoms. The van der Waals surface area contributed by atoms with Crippen LogP contribution in [0.15, 0.2) is 53.4 Å². The number of hydrogen-bond donors (Lipinski definition) is 1. The fourth-order valence-corrected chi connectivity index (χ4v) is 4.99. The molecule has 0 bridgehead atoms. The van der Waals surface area contributed by atoms with Crippen LogP contribution >= 0.6 is 0 Å². The molecule has 0 saturated heterocycles. The van der Waals surface area contributed by atoms with Crippen LogP contribution in [0.3, 0.4) is 0 Å². The lowest BCUT2D eigenvalue weighted by Gasteiger charge is -2.24. The first kappa shape index (κ1) is 21.0. The zero-order valence-corrected chi connectivity index (χ0v) is 17.9. The van der Waals surface area contributed by atoms with Crippen LogP contribution < -0.4 is 5.32 Å². The van der Waals surface area contributed by atoms with Crippen molar-refractivity contribution in [2.75, 3.05) is 6.54 Å². The van der Waals surface area contributed by atoms with E-state index in [1.54, 1.807) is 12.1 Å². The number of rotatable bonds is 6. The van der Waals surface area contributed by atoms with E-state index >= 15 is 0 Å². The summed E-state index contributed by atoms with van der Waals surface area (Å²) in [4.78, 5) is 25.1. The van der Waals surface area contributed by atoms with Gasteiger partial charge in [-0.1, -0.05) is 64.1 Å². The smallest absolute Gasteiger partial charge is 0.269 e. The third-order valence-corrected chi connectivity index (χ3v) is 6.93. The van der Waals surface area contributed by atoms with Crippen molar-refractivity contribution in [2.45, 2.75) is 44.6 Å². The summed E-state index contributed by atoms with van der Waals surface area (Å²) < 4.78 is 25.9. The SMILES string of the molecule is CC(C)c1ccc([C@@H](NC(=O)CN2C(=O)c3ccccc3S2(=O)=O)C(C)C)cc1. The van der Waals surface area contributed by atoms with Crippen LogP contribution in [0.2, 0.25) is 0 Å². The van der Waals surface area contributed by atoms with Gasteiger partial charge in [0.2, 0.25) is 5.91 Å². The van der Waals surface area contributed by atoms with E-state index in [-0.39, 0.29) is 22.4 Å². The molecule has 1 aliphatic rings. The lowest BCUT2D eigenvalue weighted by molar-refractivity contribution is -0.122. The van der Waals surface area contributed by atoms with Crippen molar-refractivity contribution in [1.29, 1.82) is 0 Å². The first-order valence-electron chi connectivity index (χ1n) is 9.68. The summed E-state index contributed by atoms with van der Waals surface area (Å²) in [6.45, 7) is 7.65.